The summed E-state index contributed by atoms with van der Waals surface area (Å²) in [7, 11) is 0. The van der Waals surface area contributed by atoms with Crippen LogP contribution in [0.15, 0.2) is 0 Å². The predicted molar refractivity (Wildman–Crippen MR) is 49.1 cm³/mol. The summed E-state index contributed by atoms with van der Waals surface area (Å²) < 4.78 is 5.31. The van der Waals surface area contributed by atoms with Gasteiger partial charge in [-0.3, -0.25) is 0 Å². The van der Waals surface area contributed by atoms with E-state index in [1.165, 1.54) is 36.8 Å². The molecular weight excluding hydrogens is 164 g/mol. The Balaban J connectivity index is 2.13. The summed E-state index contributed by atoms with van der Waals surface area (Å²) in [5.74, 6) is 0.907. The zero-order chi connectivity index (χ0) is 7.40. The average Bonchev–Trinajstić information content (AvgIpc) is 1.95. The summed E-state index contributed by atoms with van der Waals surface area (Å²) in [6.07, 6.45) is 5.54. The molecule has 3 heteroatoms. The lowest BCUT2D eigenvalue weighted by Gasteiger charge is -2.24. The van der Waals surface area contributed by atoms with Crippen LogP contribution in [0.2, 0.25) is 0 Å². The zero-order valence-electron chi connectivity index (χ0n) is 6.25. The minimum Gasteiger partial charge on any atom is -0.302 e. The Morgan fingerprint density at radius 3 is 2.40 bits per heavy atom. The molecule has 0 heterocycles. The van der Waals surface area contributed by atoms with Gasteiger partial charge >= 0.3 is 0 Å². The van der Waals surface area contributed by atoms with Crippen molar-refractivity contribution < 1.29 is 4.18 Å². The average molecular weight is 178 g/mol. The third kappa shape index (κ3) is 2.72. The monoisotopic (exact) mass is 178 g/mol. The Bertz CT molecular complexity index is 89.6. The van der Waals surface area contributed by atoms with Gasteiger partial charge in [-0.05, 0) is 31.6 Å². The zero-order valence-corrected chi connectivity index (χ0v) is 7.96. The largest absolute Gasteiger partial charge is 0.302 e. The van der Waals surface area contributed by atoms with Crippen molar-refractivity contribution in [2.24, 2.45) is 5.92 Å². The molecule has 0 aromatic rings. The summed E-state index contributed by atoms with van der Waals surface area (Å²) in [4.78, 5) is 0. The highest BCUT2D eigenvalue weighted by atomic mass is 33.1. The molecule has 1 aliphatic carbocycles. The molecule has 10 heavy (non-hydrogen) atoms. The molecule has 0 bridgehead atoms. The lowest BCUT2D eigenvalue weighted by molar-refractivity contribution is 0.163. The van der Waals surface area contributed by atoms with Crippen molar-refractivity contribution in [3.8, 4) is 0 Å². The van der Waals surface area contributed by atoms with Gasteiger partial charge in [-0.15, -0.1) is 0 Å². The van der Waals surface area contributed by atoms with Crippen LogP contribution in [-0.4, -0.2) is 6.10 Å². The highest BCUT2D eigenvalue weighted by Crippen LogP contribution is 2.28. The van der Waals surface area contributed by atoms with Crippen LogP contribution in [0.5, 0.6) is 0 Å². The normalized spacial score (nSPS) is 34.2. The molecule has 0 saturated heterocycles. The molecule has 0 N–H and O–H groups in total. The topological polar surface area (TPSA) is 9.23 Å². The van der Waals surface area contributed by atoms with Crippen LogP contribution in [0.1, 0.15) is 32.6 Å². The smallest absolute Gasteiger partial charge is 0.0732 e. The fraction of sp³-hybridized carbons (Fsp3) is 1.00. The Morgan fingerprint density at radius 1 is 1.30 bits per heavy atom. The lowest BCUT2D eigenvalue weighted by Crippen LogP contribution is -2.17. The summed E-state index contributed by atoms with van der Waals surface area (Å²) in [5.41, 5.74) is 0. The summed E-state index contributed by atoms with van der Waals surface area (Å²) in [6.45, 7) is 2.31. The minimum absolute atomic E-state index is 0.471. The molecule has 0 unspecified atom stereocenters. The number of thiol groups is 1. The van der Waals surface area contributed by atoms with Crippen LogP contribution >= 0.6 is 22.7 Å². The van der Waals surface area contributed by atoms with Crippen molar-refractivity contribution in [2.45, 2.75) is 38.7 Å². The first kappa shape index (κ1) is 8.75. The van der Waals surface area contributed by atoms with Crippen LogP contribution < -0.4 is 0 Å². The second-order valence-corrected chi connectivity index (χ2v) is 3.84. The van der Waals surface area contributed by atoms with Crippen LogP contribution in [0, 0.1) is 5.92 Å². The second kappa shape index (κ2) is 4.52. The van der Waals surface area contributed by atoms with Gasteiger partial charge in [-0.25, -0.2) is 0 Å². The summed E-state index contributed by atoms with van der Waals surface area (Å²) in [5, 5.41) is 0. The lowest BCUT2D eigenvalue weighted by atomic mass is 9.89. The SMILES string of the molecule is CC1CCC(OSS)CC1. The minimum atomic E-state index is 0.471. The van der Waals surface area contributed by atoms with Gasteiger partial charge in [0.15, 0.2) is 0 Å². The van der Waals surface area contributed by atoms with Crippen molar-refractivity contribution in [3.05, 3.63) is 0 Å². The van der Waals surface area contributed by atoms with Gasteiger partial charge < -0.3 is 4.18 Å². The van der Waals surface area contributed by atoms with Crippen molar-refractivity contribution in [1.29, 1.82) is 0 Å². The first-order valence-electron chi connectivity index (χ1n) is 3.80. The van der Waals surface area contributed by atoms with E-state index in [9.17, 15) is 0 Å². The highest BCUT2D eigenvalue weighted by Gasteiger charge is 2.18. The number of hydrogen-bond donors (Lipinski definition) is 1. The fourth-order valence-electron chi connectivity index (χ4n) is 1.39. The van der Waals surface area contributed by atoms with Gasteiger partial charge in [0, 0.05) is 0 Å². The molecule has 60 valence electrons. The molecule has 0 radical (unpaired) electrons. The van der Waals surface area contributed by atoms with Gasteiger partial charge in [0.2, 0.25) is 0 Å². The third-order valence-electron chi connectivity index (χ3n) is 2.14. The van der Waals surface area contributed by atoms with E-state index in [2.05, 4.69) is 18.6 Å². The maximum Gasteiger partial charge on any atom is 0.0732 e. The molecule has 0 atom stereocenters. The van der Waals surface area contributed by atoms with E-state index in [0.29, 0.717) is 6.10 Å². The third-order valence-corrected chi connectivity index (χ3v) is 2.76. The van der Waals surface area contributed by atoms with Gasteiger partial charge in [0.1, 0.15) is 0 Å². The van der Waals surface area contributed by atoms with E-state index in [4.69, 9.17) is 4.18 Å². The molecule has 1 fully saturated rings. The number of rotatable bonds is 2. The van der Waals surface area contributed by atoms with E-state index in [0.717, 1.165) is 5.92 Å². The first-order chi connectivity index (χ1) is 4.83. The maximum atomic E-state index is 5.31. The molecule has 1 rings (SSSR count). The first-order valence-corrected chi connectivity index (χ1v) is 5.59. The van der Waals surface area contributed by atoms with Crippen LogP contribution in [-0.2, 0) is 4.18 Å². The molecule has 0 aromatic carbocycles. The Morgan fingerprint density at radius 2 is 1.90 bits per heavy atom. The Kier molecular flexibility index (Phi) is 3.96. The van der Waals surface area contributed by atoms with E-state index < -0.39 is 0 Å². The van der Waals surface area contributed by atoms with Gasteiger partial charge in [-0.2, -0.15) is 0 Å². The van der Waals surface area contributed by atoms with Crippen LogP contribution in [0.3, 0.4) is 0 Å². The van der Waals surface area contributed by atoms with Crippen LogP contribution in [0.25, 0.3) is 0 Å². The maximum absolute atomic E-state index is 5.31. The molecule has 1 saturated carbocycles. The van der Waals surface area contributed by atoms with Crippen molar-refractivity contribution in [1.82, 2.24) is 0 Å². The second-order valence-electron chi connectivity index (χ2n) is 3.05. The highest BCUT2D eigenvalue weighted by molar-refractivity contribution is 8.66. The van der Waals surface area contributed by atoms with E-state index in [1.807, 2.05) is 0 Å². The molecule has 0 aromatic heterocycles. The number of hydrogen-bond acceptors (Lipinski definition) is 3. The Hall–Kier alpha value is 0.660. The molecular formula is C7H14OS2. The van der Waals surface area contributed by atoms with Crippen LogP contribution in [0.4, 0.5) is 0 Å². The standard InChI is InChI=1S/C7H14OS2/c1-6-2-4-7(5-3-6)8-10-9/h6-7,9H,2-5H2,1H3. The quantitative estimate of drug-likeness (QED) is 0.395. The van der Waals surface area contributed by atoms with E-state index >= 15 is 0 Å². The predicted octanol–water partition coefficient (Wildman–Crippen LogP) is 3.07. The van der Waals surface area contributed by atoms with Gasteiger partial charge in [0.25, 0.3) is 0 Å². The summed E-state index contributed by atoms with van der Waals surface area (Å²) >= 11 is 5.15. The van der Waals surface area contributed by atoms with Crippen molar-refractivity contribution in [3.63, 3.8) is 0 Å². The van der Waals surface area contributed by atoms with Gasteiger partial charge in [0.05, 0.1) is 17.2 Å². The molecule has 0 spiro atoms. The molecule has 0 amide bonds. The van der Waals surface area contributed by atoms with Gasteiger partial charge in [-0.1, -0.05) is 18.6 Å². The van der Waals surface area contributed by atoms with Crippen molar-refractivity contribution >= 4 is 22.7 Å². The molecule has 0 aliphatic heterocycles. The molecule has 1 aliphatic rings. The summed E-state index contributed by atoms with van der Waals surface area (Å²) in [6, 6.07) is 0. The molecule has 1 nitrogen and oxygen atoms in total. The Labute approximate surface area is 71.9 Å². The fourth-order valence-corrected chi connectivity index (χ4v) is 2.07. The van der Waals surface area contributed by atoms with Crippen molar-refractivity contribution in [2.75, 3.05) is 0 Å². The van der Waals surface area contributed by atoms with E-state index in [-0.39, 0.29) is 0 Å². The van der Waals surface area contributed by atoms with E-state index in [1.54, 1.807) is 0 Å².